The summed E-state index contributed by atoms with van der Waals surface area (Å²) in [6, 6.07) is 0. The molecule has 0 aromatic carbocycles. The van der Waals surface area contributed by atoms with E-state index in [0.717, 1.165) is 54.7 Å². The van der Waals surface area contributed by atoms with Gasteiger partial charge in [0.15, 0.2) is 0 Å². The molecule has 116 valence electrons. The lowest BCUT2D eigenvalue weighted by molar-refractivity contribution is -0.00157. The molecule has 2 fully saturated rings. The molecule has 0 bridgehead atoms. The summed E-state index contributed by atoms with van der Waals surface area (Å²) in [6.07, 6.45) is 3.34. The van der Waals surface area contributed by atoms with Crippen LogP contribution in [0.1, 0.15) is 39.6 Å². The van der Waals surface area contributed by atoms with Gasteiger partial charge in [0.1, 0.15) is 9.88 Å². The summed E-state index contributed by atoms with van der Waals surface area (Å²) in [5.41, 5.74) is 1.01. The van der Waals surface area contributed by atoms with E-state index >= 15 is 0 Å². The summed E-state index contributed by atoms with van der Waals surface area (Å²) < 4.78 is 10.7. The monoisotopic (exact) mass is 310 g/mol. The number of hydrogen-bond acceptors (Lipinski definition) is 5. The van der Waals surface area contributed by atoms with Gasteiger partial charge < -0.3 is 14.4 Å². The van der Waals surface area contributed by atoms with Crippen LogP contribution in [0.4, 0.5) is 0 Å². The quantitative estimate of drug-likeness (QED) is 0.859. The average Bonchev–Trinajstić information content (AvgIpc) is 3.04. The zero-order valence-electron chi connectivity index (χ0n) is 12.7. The van der Waals surface area contributed by atoms with E-state index in [1.807, 2.05) is 11.8 Å². The number of rotatable bonds is 3. The SMILES string of the molecule is COCc1nc(C)c(C(=O)N2CCC3(CCCOC3)C2)s1. The van der Waals surface area contributed by atoms with Crippen LogP contribution in [0.25, 0.3) is 0 Å². The van der Waals surface area contributed by atoms with E-state index in [9.17, 15) is 4.79 Å². The van der Waals surface area contributed by atoms with Crippen molar-refractivity contribution in [3.05, 3.63) is 15.6 Å². The first-order chi connectivity index (χ1) is 10.1. The molecule has 5 nitrogen and oxygen atoms in total. The highest BCUT2D eigenvalue weighted by molar-refractivity contribution is 7.13. The molecule has 0 aliphatic carbocycles. The van der Waals surface area contributed by atoms with Crippen LogP contribution in [0.2, 0.25) is 0 Å². The molecule has 1 aromatic rings. The Morgan fingerprint density at radius 2 is 2.38 bits per heavy atom. The second-order valence-corrected chi connectivity index (χ2v) is 7.17. The van der Waals surface area contributed by atoms with Crippen LogP contribution in [0.3, 0.4) is 0 Å². The molecule has 1 aromatic heterocycles. The van der Waals surface area contributed by atoms with Crippen LogP contribution in [0.15, 0.2) is 0 Å². The minimum Gasteiger partial charge on any atom is -0.381 e. The minimum absolute atomic E-state index is 0.120. The van der Waals surface area contributed by atoms with Crippen molar-refractivity contribution in [3.63, 3.8) is 0 Å². The predicted octanol–water partition coefficient (Wildman–Crippen LogP) is 2.24. The highest BCUT2D eigenvalue weighted by Crippen LogP contribution is 2.39. The molecule has 0 N–H and O–H groups in total. The van der Waals surface area contributed by atoms with E-state index in [4.69, 9.17) is 9.47 Å². The molecule has 2 saturated heterocycles. The smallest absolute Gasteiger partial charge is 0.265 e. The van der Waals surface area contributed by atoms with Crippen molar-refractivity contribution in [3.8, 4) is 0 Å². The Labute approximate surface area is 129 Å². The van der Waals surface area contributed by atoms with Gasteiger partial charge in [-0.05, 0) is 26.2 Å². The van der Waals surface area contributed by atoms with E-state index in [-0.39, 0.29) is 11.3 Å². The van der Waals surface area contributed by atoms with Crippen LogP contribution >= 0.6 is 11.3 Å². The third-order valence-corrected chi connectivity index (χ3v) is 5.55. The van der Waals surface area contributed by atoms with Gasteiger partial charge in [0, 0.05) is 32.2 Å². The molecule has 3 heterocycles. The number of methoxy groups -OCH3 is 1. The molecule has 2 aliphatic heterocycles. The van der Waals surface area contributed by atoms with Gasteiger partial charge in [0.2, 0.25) is 0 Å². The van der Waals surface area contributed by atoms with E-state index in [1.54, 1.807) is 7.11 Å². The number of carbonyl (C=O) groups excluding carboxylic acids is 1. The van der Waals surface area contributed by atoms with Crippen molar-refractivity contribution in [1.29, 1.82) is 0 Å². The molecule has 0 saturated carbocycles. The van der Waals surface area contributed by atoms with Crippen molar-refractivity contribution in [1.82, 2.24) is 9.88 Å². The first-order valence-corrected chi connectivity index (χ1v) is 8.27. The maximum absolute atomic E-state index is 12.7. The summed E-state index contributed by atoms with van der Waals surface area (Å²) >= 11 is 1.46. The molecule has 21 heavy (non-hydrogen) atoms. The summed E-state index contributed by atoms with van der Waals surface area (Å²) in [6.45, 7) is 5.69. The average molecular weight is 310 g/mol. The molecule has 1 atom stereocenters. The van der Waals surface area contributed by atoms with Crippen molar-refractivity contribution in [2.24, 2.45) is 5.41 Å². The van der Waals surface area contributed by atoms with Crippen LogP contribution in [-0.4, -0.2) is 49.2 Å². The van der Waals surface area contributed by atoms with Gasteiger partial charge in [-0.1, -0.05) is 0 Å². The van der Waals surface area contributed by atoms with Crippen LogP contribution in [-0.2, 0) is 16.1 Å². The zero-order chi connectivity index (χ0) is 14.9. The fourth-order valence-corrected chi connectivity index (χ4v) is 4.32. The summed E-state index contributed by atoms with van der Waals surface area (Å²) in [4.78, 5) is 19.9. The first kappa shape index (κ1) is 14.9. The molecule has 1 unspecified atom stereocenters. The Hall–Kier alpha value is -0.980. The normalized spacial score (nSPS) is 25.7. The third-order valence-electron chi connectivity index (χ3n) is 4.43. The van der Waals surface area contributed by atoms with Gasteiger partial charge in [0.05, 0.1) is 18.9 Å². The number of thiazole rings is 1. The van der Waals surface area contributed by atoms with Gasteiger partial charge in [-0.15, -0.1) is 11.3 Å². The molecular formula is C15H22N2O3S. The number of likely N-dealkylation sites (tertiary alicyclic amines) is 1. The summed E-state index contributed by atoms with van der Waals surface area (Å²) in [7, 11) is 1.64. The zero-order valence-corrected chi connectivity index (χ0v) is 13.5. The second-order valence-electron chi connectivity index (χ2n) is 6.09. The lowest BCUT2D eigenvalue weighted by Gasteiger charge is -2.32. The number of ether oxygens (including phenoxy) is 2. The maximum Gasteiger partial charge on any atom is 0.265 e. The van der Waals surface area contributed by atoms with E-state index in [0.29, 0.717) is 6.61 Å². The van der Waals surface area contributed by atoms with Gasteiger partial charge in [-0.3, -0.25) is 4.79 Å². The van der Waals surface area contributed by atoms with Crippen LogP contribution < -0.4 is 0 Å². The number of aryl methyl sites for hydroxylation is 1. The number of amides is 1. The Kier molecular flexibility index (Phi) is 4.28. The predicted molar refractivity (Wildman–Crippen MR) is 80.6 cm³/mol. The maximum atomic E-state index is 12.7. The Balaban J connectivity index is 1.71. The summed E-state index contributed by atoms with van der Waals surface area (Å²) in [5.74, 6) is 0.120. The van der Waals surface area contributed by atoms with Gasteiger partial charge in [-0.25, -0.2) is 4.98 Å². The second kappa shape index (κ2) is 6.02. The fourth-order valence-electron chi connectivity index (χ4n) is 3.32. The standard InChI is InChI=1S/C15H22N2O3S/c1-11-13(21-12(16-11)8-19-2)14(18)17-6-5-15(9-17)4-3-7-20-10-15/h3-10H2,1-2H3. The largest absolute Gasteiger partial charge is 0.381 e. The first-order valence-electron chi connectivity index (χ1n) is 7.46. The number of nitrogens with zero attached hydrogens (tertiary/aromatic N) is 2. The van der Waals surface area contributed by atoms with Crippen molar-refractivity contribution < 1.29 is 14.3 Å². The van der Waals surface area contributed by atoms with Gasteiger partial charge in [-0.2, -0.15) is 0 Å². The molecule has 1 spiro atoms. The van der Waals surface area contributed by atoms with Crippen molar-refractivity contribution in [2.45, 2.75) is 32.8 Å². The minimum atomic E-state index is 0.120. The molecular weight excluding hydrogens is 288 g/mol. The van der Waals surface area contributed by atoms with Crippen LogP contribution in [0, 0.1) is 12.3 Å². The van der Waals surface area contributed by atoms with E-state index < -0.39 is 0 Å². The third kappa shape index (κ3) is 2.98. The van der Waals surface area contributed by atoms with E-state index in [1.165, 1.54) is 17.8 Å². The lowest BCUT2D eigenvalue weighted by atomic mass is 9.82. The Morgan fingerprint density at radius 1 is 1.52 bits per heavy atom. The highest BCUT2D eigenvalue weighted by Gasteiger charge is 2.42. The van der Waals surface area contributed by atoms with Crippen LogP contribution in [0.5, 0.6) is 0 Å². The van der Waals surface area contributed by atoms with Gasteiger partial charge >= 0.3 is 0 Å². The molecule has 0 radical (unpaired) electrons. The van der Waals surface area contributed by atoms with Gasteiger partial charge in [0.25, 0.3) is 5.91 Å². The Bertz CT molecular complexity index is 523. The van der Waals surface area contributed by atoms with Crippen molar-refractivity contribution in [2.75, 3.05) is 33.4 Å². The van der Waals surface area contributed by atoms with Crippen molar-refractivity contribution >= 4 is 17.2 Å². The van der Waals surface area contributed by atoms with E-state index in [2.05, 4.69) is 4.98 Å². The molecule has 3 rings (SSSR count). The summed E-state index contributed by atoms with van der Waals surface area (Å²) in [5, 5.41) is 0.869. The number of aromatic nitrogens is 1. The number of hydrogen-bond donors (Lipinski definition) is 0. The Morgan fingerprint density at radius 3 is 3.10 bits per heavy atom. The highest BCUT2D eigenvalue weighted by atomic mass is 32.1. The topological polar surface area (TPSA) is 51.7 Å². The lowest BCUT2D eigenvalue weighted by Crippen LogP contribution is -2.37. The fraction of sp³-hybridized carbons (Fsp3) is 0.733. The molecule has 6 heteroatoms. The molecule has 2 aliphatic rings. The number of carbonyl (C=O) groups is 1. The molecule has 1 amide bonds.